The Morgan fingerprint density at radius 2 is 2.41 bits per heavy atom. The first-order valence-electron chi connectivity index (χ1n) is 7.83. The lowest BCUT2D eigenvalue weighted by Gasteiger charge is -2.25. The third-order valence-electron chi connectivity index (χ3n) is 3.99. The van der Waals surface area contributed by atoms with Gasteiger partial charge in [0.05, 0.1) is 6.61 Å². The largest absolute Gasteiger partial charge is 0.449 e. The highest BCUT2D eigenvalue weighted by molar-refractivity contribution is 5.91. The van der Waals surface area contributed by atoms with Gasteiger partial charge < -0.3 is 14.6 Å². The minimum atomic E-state index is -0.204. The van der Waals surface area contributed by atoms with Gasteiger partial charge in [-0.3, -0.25) is 0 Å². The predicted octanol–water partition coefficient (Wildman–Crippen LogP) is 3.59. The van der Waals surface area contributed by atoms with Gasteiger partial charge in [-0.05, 0) is 30.5 Å². The molecule has 116 valence electrons. The summed E-state index contributed by atoms with van der Waals surface area (Å²) in [6.45, 7) is 3.90. The van der Waals surface area contributed by atoms with Crippen LogP contribution in [0.15, 0.2) is 30.6 Å². The summed E-state index contributed by atoms with van der Waals surface area (Å²) >= 11 is 0. The molecule has 2 aromatic heterocycles. The van der Waals surface area contributed by atoms with Gasteiger partial charge in [0, 0.05) is 36.4 Å². The number of hydrogen-bond donors (Lipinski definition) is 1. The molecule has 2 aromatic rings. The molecule has 5 heteroatoms. The zero-order valence-electron chi connectivity index (χ0n) is 12.8. The summed E-state index contributed by atoms with van der Waals surface area (Å²) in [5.74, 6) is 0. The van der Waals surface area contributed by atoms with Gasteiger partial charge in [0.15, 0.2) is 0 Å². The second-order valence-electron chi connectivity index (χ2n) is 5.50. The number of pyridine rings is 1. The maximum atomic E-state index is 11.9. The zero-order chi connectivity index (χ0) is 15.4. The Bertz CT molecular complexity index is 690. The fourth-order valence-corrected chi connectivity index (χ4v) is 2.70. The summed E-state index contributed by atoms with van der Waals surface area (Å²) in [5, 5.41) is 1.13. The van der Waals surface area contributed by atoms with Gasteiger partial charge in [-0.1, -0.05) is 19.4 Å². The first kappa shape index (κ1) is 14.6. The lowest BCUT2D eigenvalue weighted by molar-refractivity contribution is 0.105. The van der Waals surface area contributed by atoms with Gasteiger partial charge >= 0.3 is 6.09 Å². The lowest BCUT2D eigenvalue weighted by atomic mass is 10.00. The van der Waals surface area contributed by atoms with Crippen LogP contribution >= 0.6 is 0 Å². The lowest BCUT2D eigenvalue weighted by Crippen LogP contribution is -2.35. The summed E-state index contributed by atoms with van der Waals surface area (Å²) in [6, 6.07) is 4.01. The summed E-state index contributed by atoms with van der Waals surface area (Å²) < 4.78 is 5.26. The molecule has 3 rings (SSSR count). The molecule has 0 atom stereocenters. The average Bonchev–Trinajstić information content (AvgIpc) is 2.99. The smallest absolute Gasteiger partial charge is 0.410 e. The average molecular weight is 299 g/mol. The molecule has 0 aliphatic carbocycles. The van der Waals surface area contributed by atoms with E-state index in [1.54, 1.807) is 11.1 Å². The minimum Gasteiger partial charge on any atom is -0.449 e. The number of carbonyl (C=O) groups is 1. The zero-order valence-corrected chi connectivity index (χ0v) is 12.8. The van der Waals surface area contributed by atoms with Gasteiger partial charge in [-0.2, -0.15) is 0 Å². The molecule has 1 aliphatic rings. The number of fused-ring (bicyclic) bond motifs is 1. The molecule has 1 N–H and O–H groups in total. The van der Waals surface area contributed by atoms with Crippen LogP contribution < -0.4 is 0 Å². The fourth-order valence-electron chi connectivity index (χ4n) is 2.70. The van der Waals surface area contributed by atoms with E-state index in [1.165, 1.54) is 11.1 Å². The number of hydrogen-bond acceptors (Lipinski definition) is 3. The van der Waals surface area contributed by atoms with E-state index in [0.29, 0.717) is 19.7 Å². The molecule has 1 aliphatic heterocycles. The molecular weight excluding hydrogens is 278 g/mol. The molecule has 0 radical (unpaired) electrons. The van der Waals surface area contributed by atoms with Crippen molar-refractivity contribution in [3.8, 4) is 0 Å². The predicted molar refractivity (Wildman–Crippen MR) is 86.5 cm³/mol. The monoisotopic (exact) mass is 299 g/mol. The van der Waals surface area contributed by atoms with Crippen LogP contribution in [0.4, 0.5) is 4.79 Å². The SMILES string of the molecule is CCCCOC(=O)N1CC=C(c2c[nH]c3ncccc23)CC1. The Labute approximate surface area is 130 Å². The number of nitrogens with one attached hydrogen (secondary N) is 1. The number of aromatic amines is 1. The van der Waals surface area contributed by atoms with Crippen molar-refractivity contribution in [2.45, 2.75) is 26.2 Å². The van der Waals surface area contributed by atoms with E-state index >= 15 is 0 Å². The Hall–Kier alpha value is -2.30. The Morgan fingerprint density at radius 1 is 1.50 bits per heavy atom. The first-order valence-corrected chi connectivity index (χ1v) is 7.83. The quantitative estimate of drug-likeness (QED) is 0.878. The van der Waals surface area contributed by atoms with E-state index in [4.69, 9.17) is 4.74 Å². The first-order chi connectivity index (χ1) is 10.8. The molecule has 0 saturated heterocycles. The maximum absolute atomic E-state index is 11.9. The van der Waals surface area contributed by atoms with Crippen molar-refractivity contribution >= 4 is 22.7 Å². The Kier molecular flexibility index (Phi) is 4.42. The number of H-pyrrole nitrogens is 1. The van der Waals surface area contributed by atoms with E-state index < -0.39 is 0 Å². The van der Waals surface area contributed by atoms with Crippen LogP contribution in [-0.2, 0) is 4.74 Å². The Morgan fingerprint density at radius 3 is 3.18 bits per heavy atom. The van der Waals surface area contributed by atoms with Gasteiger partial charge in [0.1, 0.15) is 5.65 Å². The molecule has 0 spiro atoms. The number of nitrogens with zero attached hydrogens (tertiary/aromatic N) is 2. The van der Waals surface area contributed by atoms with Crippen LogP contribution in [0.1, 0.15) is 31.7 Å². The van der Waals surface area contributed by atoms with Crippen molar-refractivity contribution in [1.29, 1.82) is 0 Å². The van der Waals surface area contributed by atoms with Crippen molar-refractivity contribution in [2.75, 3.05) is 19.7 Å². The highest BCUT2D eigenvalue weighted by Crippen LogP contribution is 2.28. The third kappa shape index (κ3) is 2.98. The van der Waals surface area contributed by atoms with Gasteiger partial charge in [-0.15, -0.1) is 0 Å². The molecule has 0 unspecified atom stereocenters. The minimum absolute atomic E-state index is 0.204. The number of amides is 1. The number of carbonyl (C=O) groups excluding carboxylic acids is 1. The second-order valence-corrected chi connectivity index (χ2v) is 5.50. The van der Waals surface area contributed by atoms with Crippen LogP contribution in [-0.4, -0.2) is 40.7 Å². The van der Waals surface area contributed by atoms with Crippen molar-refractivity contribution in [2.24, 2.45) is 0 Å². The third-order valence-corrected chi connectivity index (χ3v) is 3.99. The van der Waals surface area contributed by atoms with Crippen LogP contribution in [0, 0.1) is 0 Å². The molecule has 0 fully saturated rings. The highest BCUT2D eigenvalue weighted by Gasteiger charge is 2.20. The molecule has 22 heavy (non-hydrogen) atoms. The van der Waals surface area contributed by atoms with E-state index in [0.717, 1.165) is 30.3 Å². The number of rotatable bonds is 4. The fraction of sp³-hybridized carbons (Fsp3) is 0.412. The van der Waals surface area contributed by atoms with Gasteiger partial charge in [-0.25, -0.2) is 9.78 Å². The molecule has 3 heterocycles. The van der Waals surface area contributed by atoms with E-state index in [-0.39, 0.29) is 6.09 Å². The van der Waals surface area contributed by atoms with Crippen LogP contribution in [0.2, 0.25) is 0 Å². The van der Waals surface area contributed by atoms with Crippen LogP contribution in [0.3, 0.4) is 0 Å². The molecule has 0 bridgehead atoms. The second kappa shape index (κ2) is 6.64. The summed E-state index contributed by atoms with van der Waals surface area (Å²) in [5.41, 5.74) is 3.35. The summed E-state index contributed by atoms with van der Waals surface area (Å²) in [4.78, 5) is 21.2. The molecule has 0 aromatic carbocycles. The normalized spacial score (nSPS) is 15.0. The molecule has 0 saturated carbocycles. The van der Waals surface area contributed by atoms with E-state index in [1.807, 2.05) is 12.3 Å². The van der Waals surface area contributed by atoms with Crippen molar-refractivity contribution in [3.63, 3.8) is 0 Å². The topological polar surface area (TPSA) is 58.2 Å². The Balaban J connectivity index is 1.67. The van der Waals surface area contributed by atoms with Gasteiger partial charge in [0.2, 0.25) is 0 Å². The van der Waals surface area contributed by atoms with E-state index in [9.17, 15) is 4.79 Å². The van der Waals surface area contributed by atoms with Crippen LogP contribution in [0.5, 0.6) is 0 Å². The van der Waals surface area contributed by atoms with Crippen molar-refractivity contribution in [3.05, 3.63) is 36.2 Å². The number of aromatic nitrogens is 2. The molecule has 5 nitrogen and oxygen atoms in total. The van der Waals surface area contributed by atoms with E-state index in [2.05, 4.69) is 29.0 Å². The molecule has 1 amide bonds. The summed E-state index contributed by atoms with van der Waals surface area (Å²) in [6.07, 6.45) is 8.48. The van der Waals surface area contributed by atoms with Gasteiger partial charge in [0.25, 0.3) is 0 Å². The summed E-state index contributed by atoms with van der Waals surface area (Å²) in [7, 11) is 0. The van der Waals surface area contributed by atoms with Crippen LogP contribution in [0.25, 0.3) is 16.6 Å². The standard InChI is InChI=1S/C17H21N3O2/c1-2-3-11-22-17(21)20-9-6-13(7-10-20)15-12-19-16-14(15)5-4-8-18-16/h4-6,8,12H,2-3,7,9-11H2,1H3,(H,18,19). The number of ether oxygens (including phenoxy) is 1. The molecular formula is C17H21N3O2. The maximum Gasteiger partial charge on any atom is 0.410 e. The highest BCUT2D eigenvalue weighted by atomic mass is 16.6. The van der Waals surface area contributed by atoms with Crippen molar-refractivity contribution < 1.29 is 9.53 Å². The number of unbranched alkanes of at least 4 members (excludes halogenated alkanes) is 1. The van der Waals surface area contributed by atoms with Crippen molar-refractivity contribution in [1.82, 2.24) is 14.9 Å².